The number of carboxylic acids is 1. The molecule has 3 aromatic rings. The Balaban J connectivity index is 1.55. The van der Waals surface area contributed by atoms with Gasteiger partial charge in [-0.25, -0.2) is 9.78 Å². The summed E-state index contributed by atoms with van der Waals surface area (Å²) in [5.41, 5.74) is 8.70. The van der Waals surface area contributed by atoms with Crippen molar-refractivity contribution in [1.29, 1.82) is 0 Å². The van der Waals surface area contributed by atoms with Gasteiger partial charge in [0.05, 0.1) is 17.9 Å². The molecular formula is C37H50N4O4. The van der Waals surface area contributed by atoms with Crippen molar-refractivity contribution in [1.82, 2.24) is 14.9 Å². The lowest BCUT2D eigenvalue weighted by Gasteiger charge is -2.41. The van der Waals surface area contributed by atoms with Gasteiger partial charge in [-0.2, -0.15) is 0 Å². The van der Waals surface area contributed by atoms with Crippen molar-refractivity contribution in [2.45, 2.75) is 99.4 Å². The van der Waals surface area contributed by atoms with Gasteiger partial charge in [0.15, 0.2) is 6.10 Å². The number of nitrogens with zero attached hydrogens (tertiary/aromatic N) is 4. The van der Waals surface area contributed by atoms with Gasteiger partial charge in [0.25, 0.3) is 0 Å². The summed E-state index contributed by atoms with van der Waals surface area (Å²) in [5.74, 6) is -0.280. The summed E-state index contributed by atoms with van der Waals surface area (Å²) in [6.45, 7) is 21.2. The highest BCUT2D eigenvalue weighted by molar-refractivity contribution is 5.88. The third-order valence-electron chi connectivity index (χ3n) is 9.08. The Morgan fingerprint density at radius 1 is 1.07 bits per heavy atom. The summed E-state index contributed by atoms with van der Waals surface area (Å²) in [6.07, 6.45) is 3.65. The third-order valence-corrected chi connectivity index (χ3v) is 9.08. The molecule has 45 heavy (non-hydrogen) atoms. The first kappa shape index (κ1) is 32.9. The van der Waals surface area contributed by atoms with E-state index >= 15 is 0 Å². The monoisotopic (exact) mass is 614 g/mol. The van der Waals surface area contributed by atoms with Gasteiger partial charge < -0.3 is 19.5 Å². The number of carbonyl (C=O) groups is 1. The van der Waals surface area contributed by atoms with E-state index in [1.54, 1.807) is 6.20 Å². The van der Waals surface area contributed by atoms with Crippen LogP contribution in [0.4, 0.5) is 5.69 Å². The van der Waals surface area contributed by atoms with Crippen LogP contribution >= 0.6 is 0 Å². The molecule has 2 aromatic heterocycles. The smallest absolute Gasteiger partial charge is 0.337 e. The molecule has 242 valence electrons. The zero-order valence-corrected chi connectivity index (χ0v) is 28.4. The van der Waals surface area contributed by atoms with E-state index in [-0.39, 0.29) is 5.41 Å². The van der Waals surface area contributed by atoms with Crippen molar-refractivity contribution in [2.24, 2.45) is 5.41 Å². The van der Waals surface area contributed by atoms with Crippen LogP contribution in [0.3, 0.4) is 0 Å². The minimum Gasteiger partial charge on any atom is -0.479 e. The summed E-state index contributed by atoms with van der Waals surface area (Å²) in [4.78, 5) is 27.1. The van der Waals surface area contributed by atoms with Crippen LogP contribution in [0.15, 0.2) is 36.5 Å². The van der Waals surface area contributed by atoms with E-state index in [2.05, 4.69) is 59.8 Å². The van der Waals surface area contributed by atoms with Gasteiger partial charge in [0.2, 0.25) is 5.88 Å². The fraction of sp³-hybridized carbons (Fsp3) is 0.541. The second-order valence-electron chi connectivity index (χ2n) is 14.4. The fourth-order valence-corrected chi connectivity index (χ4v) is 6.71. The van der Waals surface area contributed by atoms with Crippen LogP contribution < -0.4 is 9.64 Å². The van der Waals surface area contributed by atoms with Crippen LogP contribution in [0.1, 0.15) is 94.1 Å². The number of pyridine rings is 2. The number of anilines is 1. The number of hydrogen-bond donors (Lipinski definition) is 1. The van der Waals surface area contributed by atoms with Crippen LogP contribution in [0.2, 0.25) is 0 Å². The molecular weight excluding hydrogens is 564 g/mol. The lowest BCUT2D eigenvalue weighted by atomic mass is 9.81. The van der Waals surface area contributed by atoms with Gasteiger partial charge in [-0.15, -0.1) is 0 Å². The molecule has 1 aromatic carbocycles. The van der Waals surface area contributed by atoms with Crippen molar-refractivity contribution >= 4 is 11.7 Å². The number of aryl methyl sites for hydroxylation is 2. The minimum atomic E-state index is -1.12. The molecule has 8 heteroatoms. The second-order valence-corrected chi connectivity index (χ2v) is 14.4. The van der Waals surface area contributed by atoms with Crippen LogP contribution in [-0.2, 0) is 29.0 Å². The van der Waals surface area contributed by atoms with Crippen LogP contribution in [-0.4, -0.2) is 57.8 Å². The molecule has 2 aliphatic rings. The predicted molar refractivity (Wildman–Crippen MR) is 179 cm³/mol. The Morgan fingerprint density at radius 2 is 1.80 bits per heavy atom. The average molecular weight is 615 g/mol. The van der Waals surface area contributed by atoms with E-state index in [1.807, 2.05) is 40.7 Å². The van der Waals surface area contributed by atoms with Crippen molar-refractivity contribution in [3.63, 3.8) is 0 Å². The molecule has 0 aliphatic carbocycles. The van der Waals surface area contributed by atoms with Gasteiger partial charge in [-0.1, -0.05) is 38.1 Å². The number of hydrogen-bond acceptors (Lipinski definition) is 7. The minimum absolute atomic E-state index is 0.249. The number of aliphatic carboxylic acids is 1. The molecule has 0 amide bonds. The summed E-state index contributed by atoms with van der Waals surface area (Å²) in [7, 11) is 0. The summed E-state index contributed by atoms with van der Waals surface area (Å²) in [6, 6.07) is 10.8. The molecule has 2 aliphatic heterocycles. The van der Waals surface area contributed by atoms with Crippen LogP contribution in [0, 0.1) is 19.3 Å². The van der Waals surface area contributed by atoms with E-state index in [9.17, 15) is 9.90 Å². The Morgan fingerprint density at radius 3 is 2.47 bits per heavy atom. The number of fused-ring (bicyclic) bond motifs is 1. The SMILES string of the molecule is CCOc1ncccc1CN1CCc2cc(-c3c(C)nc(C)c(C(OC(C)(C)C)C(=O)O)c3N3CCC(C)(C)CC3)ccc2C1. The quantitative estimate of drug-likeness (QED) is 0.269. The third kappa shape index (κ3) is 7.50. The predicted octanol–water partition coefficient (Wildman–Crippen LogP) is 7.28. The summed E-state index contributed by atoms with van der Waals surface area (Å²) < 4.78 is 12.0. The van der Waals surface area contributed by atoms with Gasteiger partial charge >= 0.3 is 5.97 Å². The maximum atomic E-state index is 12.8. The number of rotatable bonds is 9. The number of piperidine rings is 1. The van der Waals surface area contributed by atoms with E-state index in [0.717, 1.165) is 80.1 Å². The molecule has 4 heterocycles. The fourth-order valence-electron chi connectivity index (χ4n) is 6.71. The topological polar surface area (TPSA) is 88.0 Å². The molecule has 1 unspecified atom stereocenters. The van der Waals surface area contributed by atoms with E-state index in [0.29, 0.717) is 23.7 Å². The average Bonchev–Trinajstić information content (AvgIpc) is 2.96. The zero-order chi connectivity index (χ0) is 32.5. The molecule has 8 nitrogen and oxygen atoms in total. The summed E-state index contributed by atoms with van der Waals surface area (Å²) in [5, 5.41) is 10.5. The molecule has 5 rings (SSSR count). The lowest BCUT2D eigenvalue weighted by Crippen LogP contribution is -2.39. The highest BCUT2D eigenvalue weighted by atomic mass is 16.5. The standard InChI is InChI=1S/C37H50N4O4/c1-9-44-34-29(11-10-17-38-34)23-40-18-14-26-21-27(12-13-28(26)22-40)30-24(2)39-25(3)31(33(35(42)43)45-36(4,5)6)32(30)41-19-15-37(7,8)16-20-41/h10-13,17,21,33H,9,14-16,18-20,22-23H2,1-8H3,(H,42,43). The highest BCUT2D eigenvalue weighted by Gasteiger charge is 2.36. The van der Waals surface area contributed by atoms with Crippen molar-refractivity contribution in [3.8, 4) is 17.0 Å². The van der Waals surface area contributed by atoms with E-state index in [4.69, 9.17) is 14.5 Å². The maximum absolute atomic E-state index is 12.8. The van der Waals surface area contributed by atoms with E-state index in [1.165, 1.54) is 11.1 Å². The normalized spacial score (nSPS) is 17.6. The van der Waals surface area contributed by atoms with Crippen molar-refractivity contribution in [2.75, 3.05) is 31.1 Å². The Bertz CT molecular complexity index is 1530. The molecule has 1 atom stereocenters. The Kier molecular flexibility index (Phi) is 9.57. The molecule has 0 saturated carbocycles. The molecule has 0 spiro atoms. The highest BCUT2D eigenvalue weighted by Crippen LogP contribution is 2.45. The van der Waals surface area contributed by atoms with Crippen molar-refractivity contribution in [3.05, 3.63) is 70.2 Å². The molecule has 1 fully saturated rings. The number of benzene rings is 1. The molecule has 0 bridgehead atoms. The van der Waals surface area contributed by atoms with Gasteiger partial charge in [-0.05, 0) is 89.0 Å². The van der Waals surface area contributed by atoms with Crippen molar-refractivity contribution < 1.29 is 19.4 Å². The molecule has 1 saturated heterocycles. The first-order valence-electron chi connectivity index (χ1n) is 16.3. The largest absolute Gasteiger partial charge is 0.479 e. The van der Waals surface area contributed by atoms with Gasteiger partial charge in [-0.3, -0.25) is 9.88 Å². The Hall–Kier alpha value is -3.49. The number of ether oxygens (including phenoxy) is 2. The molecule has 1 N–H and O–H groups in total. The number of carboxylic acid groups (broad SMARTS) is 1. The van der Waals surface area contributed by atoms with Gasteiger partial charge in [0.1, 0.15) is 0 Å². The lowest BCUT2D eigenvalue weighted by molar-refractivity contribution is -0.160. The maximum Gasteiger partial charge on any atom is 0.337 e. The molecule has 0 radical (unpaired) electrons. The van der Waals surface area contributed by atoms with E-state index < -0.39 is 17.7 Å². The first-order valence-corrected chi connectivity index (χ1v) is 16.3. The van der Waals surface area contributed by atoms with Crippen LogP contribution in [0.25, 0.3) is 11.1 Å². The first-order chi connectivity index (χ1) is 21.3. The summed E-state index contributed by atoms with van der Waals surface area (Å²) >= 11 is 0. The zero-order valence-electron chi connectivity index (χ0n) is 28.4. The second kappa shape index (κ2) is 13.1. The van der Waals surface area contributed by atoms with Crippen LogP contribution in [0.5, 0.6) is 5.88 Å². The number of aromatic nitrogens is 2. The van der Waals surface area contributed by atoms with Gasteiger partial charge in [0, 0.05) is 67.0 Å². The Labute approximate surface area is 268 Å².